The second kappa shape index (κ2) is 4.10. The van der Waals surface area contributed by atoms with Crippen LogP contribution in [0.4, 0.5) is 5.69 Å². The van der Waals surface area contributed by atoms with Crippen LogP contribution in [-0.2, 0) is 13.0 Å². The van der Waals surface area contributed by atoms with Crippen LogP contribution in [-0.4, -0.2) is 12.6 Å². The molecule has 1 aliphatic carbocycles. The van der Waals surface area contributed by atoms with Gasteiger partial charge in [-0.05, 0) is 43.2 Å². The van der Waals surface area contributed by atoms with E-state index in [2.05, 4.69) is 35.8 Å². The molecule has 0 spiro atoms. The first-order valence-electron chi connectivity index (χ1n) is 6.42. The number of benzene rings is 1. The van der Waals surface area contributed by atoms with Gasteiger partial charge in [-0.2, -0.15) is 0 Å². The summed E-state index contributed by atoms with van der Waals surface area (Å²) in [5.74, 6) is 0.935. The van der Waals surface area contributed by atoms with Crippen LogP contribution in [0, 0.1) is 5.92 Å². The van der Waals surface area contributed by atoms with E-state index >= 15 is 0 Å². The zero-order valence-electron chi connectivity index (χ0n) is 9.92. The topological polar surface area (TPSA) is 24.1 Å². The first-order chi connectivity index (χ1) is 7.84. The summed E-state index contributed by atoms with van der Waals surface area (Å²) in [6, 6.07) is 7.34. The van der Waals surface area contributed by atoms with Crippen LogP contribution in [0.1, 0.15) is 30.9 Å². The number of anilines is 1. The summed E-state index contributed by atoms with van der Waals surface area (Å²) >= 11 is 0. The largest absolute Gasteiger partial charge is 0.384 e. The maximum absolute atomic E-state index is 3.65. The van der Waals surface area contributed by atoms with Crippen molar-refractivity contribution in [3.05, 3.63) is 29.3 Å². The number of rotatable bonds is 4. The Hall–Kier alpha value is -1.02. The third-order valence-corrected chi connectivity index (χ3v) is 3.88. The number of hydrogen-bond donors (Lipinski definition) is 2. The second-order valence-electron chi connectivity index (χ2n) is 5.14. The van der Waals surface area contributed by atoms with Gasteiger partial charge in [0.1, 0.15) is 0 Å². The molecular weight excluding hydrogens is 196 g/mol. The number of fused-ring (bicyclic) bond motifs is 1. The molecule has 1 saturated carbocycles. The second-order valence-corrected chi connectivity index (χ2v) is 5.14. The lowest BCUT2D eigenvalue weighted by molar-refractivity contribution is 0.496. The van der Waals surface area contributed by atoms with Crippen LogP contribution >= 0.6 is 0 Å². The maximum Gasteiger partial charge on any atom is 0.0419 e. The highest BCUT2D eigenvalue weighted by Crippen LogP contribution is 2.33. The summed E-state index contributed by atoms with van der Waals surface area (Å²) in [5, 5.41) is 7.15. The van der Waals surface area contributed by atoms with Gasteiger partial charge in [-0.25, -0.2) is 0 Å². The van der Waals surface area contributed by atoms with Crippen molar-refractivity contribution in [1.29, 1.82) is 0 Å². The molecule has 1 fully saturated rings. The molecule has 1 aromatic rings. The third-order valence-electron chi connectivity index (χ3n) is 3.88. The molecule has 1 unspecified atom stereocenters. The number of para-hydroxylation sites is 1. The fraction of sp³-hybridized carbons (Fsp3) is 0.571. The van der Waals surface area contributed by atoms with Gasteiger partial charge < -0.3 is 10.6 Å². The van der Waals surface area contributed by atoms with E-state index in [1.54, 1.807) is 0 Å². The predicted octanol–water partition coefficient (Wildman–Crippen LogP) is 2.54. The smallest absolute Gasteiger partial charge is 0.0419 e. The minimum absolute atomic E-state index is 0.678. The van der Waals surface area contributed by atoms with E-state index in [0.717, 1.165) is 19.0 Å². The molecule has 2 N–H and O–H groups in total. The molecule has 0 radical (unpaired) electrons. The lowest BCUT2D eigenvalue weighted by atomic mass is 10.1. The van der Waals surface area contributed by atoms with Crippen molar-refractivity contribution < 1.29 is 0 Å². The van der Waals surface area contributed by atoms with Crippen LogP contribution in [0.15, 0.2) is 18.2 Å². The summed E-state index contributed by atoms with van der Waals surface area (Å²) < 4.78 is 0. The van der Waals surface area contributed by atoms with E-state index in [1.807, 2.05) is 0 Å². The van der Waals surface area contributed by atoms with Crippen LogP contribution in [0.2, 0.25) is 0 Å². The molecule has 86 valence electrons. The molecule has 3 rings (SSSR count). The maximum atomic E-state index is 3.65. The van der Waals surface area contributed by atoms with Crippen molar-refractivity contribution in [1.82, 2.24) is 5.32 Å². The Morgan fingerprint density at radius 3 is 3.12 bits per heavy atom. The molecule has 1 heterocycles. The fourth-order valence-corrected chi connectivity index (χ4v) is 2.59. The van der Waals surface area contributed by atoms with Crippen molar-refractivity contribution in [2.75, 3.05) is 11.9 Å². The van der Waals surface area contributed by atoms with Gasteiger partial charge >= 0.3 is 0 Å². The molecule has 0 bridgehead atoms. The average Bonchev–Trinajstić information content (AvgIpc) is 3.04. The number of hydrogen-bond acceptors (Lipinski definition) is 2. The zero-order chi connectivity index (χ0) is 11.0. The summed E-state index contributed by atoms with van der Waals surface area (Å²) in [6.07, 6.45) is 4.01. The third kappa shape index (κ3) is 1.94. The molecule has 16 heavy (non-hydrogen) atoms. The van der Waals surface area contributed by atoms with Gasteiger partial charge in [0.15, 0.2) is 0 Å². The highest BCUT2D eigenvalue weighted by Gasteiger charge is 2.27. The summed E-state index contributed by atoms with van der Waals surface area (Å²) in [4.78, 5) is 0. The molecule has 2 nitrogen and oxygen atoms in total. The van der Waals surface area contributed by atoms with Gasteiger partial charge in [-0.1, -0.05) is 18.2 Å². The van der Waals surface area contributed by atoms with Crippen molar-refractivity contribution in [2.24, 2.45) is 5.92 Å². The normalized spacial score (nSPS) is 20.3. The highest BCUT2D eigenvalue weighted by molar-refractivity contribution is 5.61. The van der Waals surface area contributed by atoms with Gasteiger partial charge in [0, 0.05) is 24.8 Å². The SMILES string of the molecule is CC(NCc1cccc2c1NCC2)C1CC1. The summed E-state index contributed by atoms with van der Waals surface area (Å²) in [7, 11) is 0. The lowest BCUT2D eigenvalue weighted by Gasteiger charge is -2.15. The molecule has 2 heteroatoms. The first-order valence-corrected chi connectivity index (χ1v) is 6.42. The van der Waals surface area contributed by atoms with Crippen molar-refractivity contribution >= 4 is 5.69 Å². The molecular formula is C14H20N2. The van der Waals surface area contributed by atoms with E-state index in [-0.39, 0.29) is 0 Å². The Morgan fingerprint density at radius 1 is 1.44 bits per heavy atom. The zero-order valence-corrected chi connectivity index (χ0v) is 9.92. The van der Waals surface area contributed by atoms with Gasteiger partial charge in [-0.3, -0.25) is 0 Å². The fourth-order valence-electron chi connectivity index (χ4n) is 2.59. The molecule has 1 aromatic carbocycles. The van der Waals surface area contributed by atoms with E-state index in [9.17, 15) is 0 Å². The Labute approximate surface area is 97.4 Å². The predicted molar refractivity (Wildman–Crippen MR) is 67.7 cm³/mol. The van der Waals surface area contributed by atoms with Crippen LogP contribution in [0.5, 0.6) is 0 Å². The van der Waals surface area contributed by atoms with E-state index in [1.165, 1.54) is 36.1 Å². The van der Waals surface area contributed by atoms with Gasteiger partial charge in [-0.15, -0.1) is 0 Å². The quantitative estimate of drug-likeness (QED) is 0.808. The Bertz CT molecular complexity index is 382. The molecule has 1 atom stereocenters. The highest BCUT2D eigenvalue weighted by atomic mass is 14.9. The van der Waals surface area contributed by atoms with E-state index in [4.69, 9.17) is 0 Å². The van der Waals surface area contributed by atoms with E-state index in [0.29, 0.717) is 6.04 Å². The van der Waals surface area contributed by atoms with Crippen LogP contribution < -0.4 is 10.6 Å². The average molecular weight is 216 g/mol. The van der Waals surface area contributed by atoms with Gasteiger partial charge in [0.25, 0.3) is 0 Å². The molecule has 2 aliphatic rings. The van der Waals surface area contributed by atoms with Crippen LogP contribution in [0.3, 0.4) is 0 Å². The number of nitrogens with one attached hydrogen (secondary N) is 2. The molecule has 0 saturated heterocycles. The minimum atomic E-state index is 0.678. The summed E-state index contributed by atoms with van der Waals surface area (Å²) in [5.41, 5.74) is 4.30. The molecule has 0 amide bonds. The van der Waals surface area contributed by atoms with Crippen LogP contribution in [0.25, 0.3) is 0 Å². The lowest BCUT2D eigenvalue weighted by Crippen LogP contribution is -2.27. The summed E-state index contributed by atoms with van der Waals surface area (Å²) in [6.45, 7) is 4.42. The minimum Gasteiger partial charge on any atom is -0.384 e. The van der Waals surface area contributed by atoms with Crippen molar-refractivity contribution in [3.63, 3.8) is 0 Å². The first kappa shape index (κ1) is 10.2. The van der Waals surface area contributed by atoms with E-state index < -0.39 is 0 Å². The standard InChI is InChI=1S/C14H20N2/c1-10(11-5-6-11)16-9-13-4-2-3-12-7-8-15-14(12)13/h2-4,10-11,15-16H,5-9H2,1H3. The Kier molecular flexibility index (Phi) is 2.60. The van der Waals surface area contributed by atoms with Gasteiger partial charge in [0.2, 0.25) is 0 Å². The van der Waals surface area contributed by atoms with Crippen molar-refractivity contribution in [3.8, 4) is 0 Å². The Morgan fingerprint density at radius 2 is 2.31 bits per heavy atom. The van der Waals surface area contributed by atoms with Gasteiger partial charge in [0.05, 0.1) is 0 Å². The van der Waals surface area contributed by atoms with Crippen molar-refractivity contribution in [2.45, 2.75) is 38.8 Å². The molecule has 1 aliphatic heterocycles. The Balaban J connectivity index is 1.67. The molecule has 0 aromatic heterocycles. The monoisotopic (exact) mass is 216 g/mol.